The van der Waals surface area contributed by atoms with Crippen molar-refractivity contribution >= 4 is 57.2 Å². The summed E-state index contributed by atoms with van der Waals surface area (Å²) in [5, 5.41) is 17.4. The smallest absolute Gasteiger partial charge is 0.342 e. The van der Waals surface area contributed by atoms with Gasteiger partial charge >= 0.3 is 5.97 Å². The molecule has 1 fully saturated rings. The molecule has 1 aliphatic rings. The molecule has 3 heterocycles. The van der Waals surface area contributed by atoms with E-state index in [4.69, 9.17) is 20.8 Å². The fourth-order valence-corrected chi connectivity index (χ4v) is 4.19. The van der Waals surface area contributed by atoms with Crippen molar-refractivity contribution in [3.8, 4) is 11.4 Å². The normalized spacial score (nSPS) is 14.9. The van der Waals surface area contributed by atoms with E-state index in [-0.39, 0.29) is 10.1 Å². The Bertz CT molecular complexity index is 1080. The second-order valence-corrected chi connectivity index (χ2v) is 8.59. The first-order chi connectivity index (χ1) is 14.5. The van der Waals surface area contributed by atoms with E-state index >= 15 is 0 Å². The number of thioether (sulfide) groups is 1. The van der Waals surface area contributed by atoms with Gasteiger partial charge in [-0.05, 0) is 52.0 Å². The molecule has 1 saturated heterocycles. The number of morpholine rings is 1. The summed E-state index contributed by atoms with van der Waals surface area (Å²) in [5.74, 6) is 0.497. The Morgan fingerprint density at radius 2 is 2.03 bits per heavy atom. The number of carboxylic acids is 1. The number of anilines is 1. The third-order valence-corrected chi connectivity index (χ3v) is 5.95. The molecule has 1 aliphatic heterocycles. The Labute approximate surface area is 189 Å². The minimum absolute atomic E-state index is 0.0337. The number of nitrogens with zero attached hydrogens (tertiary/aromatic N) is 3. The minimum atomic E-state index is -1.10. The predicted octanol–water partition coefficient (Wildman–Crippen LogP) is 4.54. The van der Waals surface area contributed by atoms with Crippen LogP contribution in [0.4, 0.5) is 5.88 Å². The Balaban J connectivity index is 1.54. The fraction of sp³-hybridized carbons (Fsp3) is 0.211. The second kappa shape index (κ2) is 9.25. The van der Waals surface area contributed by atoms with Gasteiger partial charge in [0.05, 0.1) is 17.7 Å². The molecule has 0 atom stereocenters. The average molecular weight is 512 g/mol. The van der Waals surface area contributed by atoms with Gasteiger partial charge in [0.1, 0.15) is 10.7 Å². The maximum Gasteiger partial charge on any atom is 0.342 e. The highest BCUT2D eigenvalue weighted by atomic mass is 79.9. The van der Waals surface area contributed by atoms with Crippen LogP contribution in [0.3, 0.4) is 0 Å². The van der Waals surface area contributed by atoms with E-state index < -0.39 is 5.97 Å². The van der Waals surface area contributed by atoms with E-state index in [0.29, 0.717) is 48.8 Å². The van der Waals surface area contributed by atoms with Gasteiger partial charge in [0.25, 0.3) is 0 Å². The third-order valence-electron chi connectivity index (χ3n) is 4.25. The molecule has 1 aromatic carbocycles. The van der Waals surface area contributed by atoms with Crippen LogP contribution >= 0.6 is 39.3 Å². The second-order valence-electron chi connectivity index (χ2n) is 6.29. The Kier molecular flexibility index (Phi) is 6.47. The van der Waals surface area contributed by atoms with E-state index in [0.717, 1.165) is 21.8 Å². The van der Waals surface area contributed by atoms with Crippen LogP contribution in [0.5, 0.6) is 0 Å². The quantitative estimate of drug-likeness (QED) is 0.367. The number of carbonyl (C=O) groups is 1. The lowest BCUT2D eigenvalue weighted by molar-refractivity contribution is -0.131. The molecule has 3 aromatic rings. The van der Waals surface area contributed by atoms with Crippen LogP contribution in [-0.2, 0) is 9.53 Å². The van der Waals surface area contributed by atoms with Crippen LogP contribution in [0, 0.1) is 0 Å². The third kappa shape index (κ3) is 4.89. The fourth-order valence-electron chi connectivity index (χ4n) is 2.82. The molecule has 2 aromatic heterocycles. The maximum atomic E-state index is 11.8. The number of hydrogen-bond donors (Lipinski definition) is 2. The first-order valence-corrected chi connectivity index (χ1v) is 10.9. The van der Waals surface area contributed by atoms with Crippen molar-refractivity contribution in [3.05, 3.63) is 50.5 Å². The van der Waals surface area contributed by atoms with Crippen molar-refractivity contribution in [3.63, 3.8) is 0 Å². The molecule has 11 heteroatoms. The summed E-state index contributed by atoms with van der Waals surface area (Å²) in [7, 11) is 0. The monoisotopic (exact) mass is 510 g/mol. The van der Waals surface area contributed by atoms with Crippen molar-refractivity contribution in [2.24, 2.45) is 0 Å². The number of halogens is 2. The summed E-state index contributed by atoms with van der Waals surface area (Å²) >= 11 is 10.3. The van der Waals surface area contributed by atoms with Gasteiger partial charge in [0, 0.05) is 35.8 Å². The summed E-state index contributed by atoms with van der Waals surface area (Å²) in [4.78, 5) is 18.2. The number of aliphatic carboxylic acids is 1. The first kappa shape index (κ1) is 21.0. The molecule has 0 bridgehead atoms. The van der Waals surface area contributed by atoms with Crippen molar-refractivity contribution in [1.82, 2.24) is 15.2 Å². The van der Waals surface area contributed by atoms with Crippen LogP contribution in [0.15, 0.2) is 49.3 Å². The summed E-state index contributed by atoms with van der Waals surface area (Å²) in [6, 6.07) is 8.84. The molecule has 0 spiro atoms. The SMILES string of the molecule is O=C(O)/C(=C/c1cc(Br)c(N2CCOCC2)o1)Sc1n[nH]c(-c2ccc(Cl)cc2)n1. The summed E-state index contributed by atoms with van der Waals surface area (Å²) < 4.78 is 12.0. The number of benzene rings is 1. The highest BCUT2D eigenvalue weighted by Gasteiger charge is 2.20. The van der Waals surface area contributed by atoms with Crippen LogP contribution in [0.1, 0.15) is 5.76 Å². The molecule has 8 nitrogen and oxygen atoms in total. The Hall–Kier alpha value is -2.27. The largest absolute Gasteiger partial charge is 0.477 e. The van der Waals surface area contributed by atoms with Gasteiger partial charge in [-0.3, -0.25) is 5.10 Å². The number of ether oxygens (including phenoxy) is 1. The topological polar surface area (TPSA) is 104 Å². The summed E-state index contributed by atoms with van der Waals surface area (Å²) in [5.41, 5.74) is 0.796. The minimum Gasteiger partial charge on any atom is -0.477 e. The van der Waals surface area contributed by atoms with Crippen molar-refractivity contribution in [2.45, 2.75) is 5.16 Å². The van der Waals surface area contributed by atoms with Gasteiger partial charge in [0.15, 0.2) is 5.82 Å². The number of carboxylic acid groups (broad SMARTS) is 1. The molecule has 4 rings (SSSR count). The van der Waals surface area contributed by atoms with E-state index in [9.17, 15) is 9.90 Å². The zero-order valence-electron chi connectivity index (χ0n) is 15.5. The summed E-state index contributed by atoms with van der Waals surface area (Å²) in [6.07, 6.45) is 1.46. The Morgan fingerprint density at radius 3 is 2.73 bits per heavy atom. The lowest BCUT2D eigenvalue weighted by Gasteiger charge is -2.26. The molecule has 156 valence electrons. The highest BCUT2D eigenvalue weighted by molar-refractivity contribution is 9.10. The molecule has 0 radical (unpaired) electrons. The molecular weight excluding hydrogens is 496 g/mol. The van der Waals surface area contributed by atoms with Gasteiger partial charge in [-0.2, -0.15) is 0 Å². The Morgan fingerprint density at radius 1 is 1.30 bits per heavy atom. The molecule has 0 saturated carbocycles. The summed E-state index contributed by atoms with van der Waals surface area (Å²) in [6.45, 7) is 2.66. The number of hydrogen-bond acceptors (Lipinski definition) is 7. The molecule has 0 unspecified atom stereocenters. The number of rotatable bonds is 6. The van der Waals surface area contributed by atoms with Crippen LogP contribution < -0.4 is 4.90 Å². The van der Waals surface area contributed by atoms with Gasteiger partial charge in [-0.1, -0.05) is 11.6 Å². The zero-order chi connectivity index (χ0) is 21.1. The lowest BCUT2D eigenvalue weighted by Crippen LogP contribution is -2.36. The van der Waals surface area contributed by atoms with Crippen LogP contribution in [0.2, 0.25) is 5.02 Å². The van der Waals surface area contributed by atoms with Gasteiger partial charge in [-0.15, -0.1) is 5.10 Å². The maximum absolute atomic E-state index is 11.8. The van der Waals surface area contributed by atoms with Gasteiger partial charge in [0.2, 0.25) is 11.0 Å². The number of aromatic amines is 1. The van der Waals surface area contributed by atoms with Crippen molar-refractivity contribution in [1.29, 1.82) is 0 Å². The van der Waals surface area contributed by atoms with Crippen molar-refractivity contribution < 1.29 is 19.1 Å². The van der Waals surface area contributed by atoms with Crippen LogP contribution in [-0.4, -0.2) is 52.6 Å². The molecular formula is C19H16BrClN4O4S. The van der Waals surface area contributed by atoms with Gasteiger partial charge in [-0.25, -0.2) is 9.78 Å². The molecule has 0 amide bonds. The number of nitrogens with one attached hydrogen (secondary N) is 1. The first-order valence-electron chi connectivity index (χ1n) is 8.93. The number of aromatic nitrogens is 3. The zero-order valence-corrected chi connectivity index (χ0v) is 18.6. The van der Waals surface area contributed by atoms with Crippen molar-refractivity contribution in [2.75, 3.05) is 31.2 Å². The predicted molar refractivity (Wildman–Crippen MR) is 118 cm³/mol. The number of furan rings is 1. The average Bonchev–Trinajstić information content (AvgIpc) is 3.35. The molecule has 2 N–H and O–H groups in total. The molecule has 30 heavy (non-hydrogen) atoms. The number of H-pyrrole nitrogens is 1. The van der Waals surface area contributed by atoms with E-state index in [1.165, 1.54) is 6.08 Å². The van der Waals surface area contributed by atoms with Crippen LogP contribution in [0.25, 0.3) is 17.5 Å². The van der Waals surface area contributed by atoms with E-state index in [1.807, 2.05) is 4.90 Å². The van der Waals surface area contributed by atoms with E-state index in [2.05, 4.69) is 31.1 Å². The highest BCUT2D eigenvalue weighted by Crippen LogP contribution is 2.34. The van der Waals surface area contributed by atoms with E-state index in [1.54, 1.807) is 30.3 Å². The lowest BCUT2D eigenvalue weighted by atomic mass is 10.2. The molecule has 0 aliphatic carbocycles. The standard InChI is InChI=1S/C19H16BrClN4O4S/c20-14-9-13(29-17(14)25-5-7-28-8-6-25)10-15(18(26)27)30-19-22-16(23-24-19)11-1-3-12(21)4-2-11/h1-4,9-10H,5-8H2,(H,26,27)(H,22,23,24)/b15-10-. The van der Waals surface area contributed by atoms with Gasteiger partial charge < -0.3 is 19.2 Å².